The molecule has 1 unspecified atom stereocenters. The topological polar surface area (TPSA) is 92.2 Å². The zero-order valence-corrected chi connectivity index (χ0v) is 17.3. The number of nitrogens with one attached hydrogen (secondary N) is 1. The Morgan fingerprint density at radius 1 is 1.07 bits per heavy atom. The summed E-state index contributed by atoms with van der Waals surface area (Å²) >= 11 is 17.8. The highest BCUT2D eigenvalue weighted by Gasteiger charge is 2.21. The molecule has 0 aliphatic rings. The van der Waals surface area contributed by atoms with Gasteiger partial charge < -0.3 is 5.11 Å². The predicted molar refractivity (Wildman–Crippen MR) is 109 cm³/mol. The first-order valence-corrected chi connectivity index (χ1v) is 10.6. The van der Waals surface area contributed by atoms with Crippen LogP contribution in [0, 0.1) is 0 Å². The average molecular weight is 459 g/mol. The standard InChI is InChI=1S/C18H14Cl3N3O3S/c19-13-3-1-2-12(8-13)16(10-25)24-28(26,27)14-6-4-11(5-7-14)17-15(20)9-22-18(21)23-17/h1-9,16,24-25H,10H2. The second-order valence-corrected chi connectivity index (χ2v) is 8.67. The van der Waals surface area contributed by atoms with Crippen LogP contribution in [0.4, 0.5) is 0 Å². The molecule has 146 valence electrons. The van der Waals surface area contributed by atoms with E-state index in [1.165, 1.54) is 18.3 Å². The van der Waals surface area contributed by atoms with Crippen LogP contribution < -0.4 is 4.72 Å². The third kappa shape index (κ3) is 4.81. The minimum Gasteiger partial charge on any atom is -0.394 e. The molecule has 1 aromatic heterocycles. The highest BCUT2D eigenvalue weighted by molar-refractivity contribution is 7.89. The van der Waals surface area contributed by atoms with Crippen LogP contribution in [0.15, 0.2) is 59.6 Å². The number of hydrogen-bond acceptors (Lipinski definition) is 5. The van der Waals surface area contributed by atoms with Crippen LogP contribution in [-0.2, 0) is 10.0 Å². The Bertz CT molecular complexity index is 1090. The third-order valence-corrected chi connectivity index (χ3v) is 6.07. The van der Waals surface area contributed by atoms with E-state index in [2.05, 4.69) is 14.7 Å². The van der Waals surface area contributed by atoms with Crippen LogP contribution in [0.5, 0.6) is 0 Å². The van der Waals surface area contributed by atoms with Crippen molar-refractivity contribution in [3.63, 3.8) is 0 Å². The highest BCUT2D eigenvalue weighted by atomic mass is 35.5. The molecule has 0 saturated carbocycles. The van der Waals surface area contributed by atoms with Crippen molar-refractivity contribution in [1.82, 2.24) is 14.7 Å². The molecule has 0 aliphatic carbocycles. The Kier molecular flexibility index (Phi) is 6.54. The molecule has 3 rings (SSSR count). The smallest absolute Gasteiger partial charge is 0.241 e. The van der Waals surface area contributed by atoms with Crippen LogP contribution in [-0.4, -0.2) is 30.1 Å². The van der Waals surface area contributed by atoms with Crippen molar-refractivity contribution in [3.8, 4) is 11.3 Å². The Morgan fingerprint density at radius 2 is 1.79 bits per heavy atom. The van der Waals surface area contributed by atoms with Gasteiger partial charge in [0, 0.05) is 10.6 Å². The minimum absolute atomic E-state index is 0.0213. The maximum Gasteiger partial charge on any atom is 0.241 e. The van der Waals surface area contributed by atoms with Crippen LogP contribution in [0.3, 0.4) is 0 Å². The van der Waals surface area contributed by atoms with E-state index >= 15 is 0 Å². The fourth-order valence-corrected chi connectivity index (χ4v) is 4.28. The second-order valence-electron chi connectivity index (χ2n) is 5.77. The number of aromatic nitrogens is 2. The maximum atomic E-state index is 12.7. The van der Waals surface area contributed by atoms with E-state index in [0.29, 0.717) is 26.9 Å². The zero-order valence-electron chi connectivity index (χ0n) is 14.2. The molecule has 0 spiro atoms. The molecule has 0 saturated heterocycles. The number of benzene rings is 2. The van der Waals surface area contributed by atoms with Gasteiger partial charge in [-0.15, -0.1) is 0 Å². The lowest BCUT2D eigenvalue weighted by molar-refractivity contribution is 0.259. The van der Waals surface area contributed by atoms with E-state index in [0.717, 1.165) is 0 Å². The van der Waals surface area contributed by atoms with Gasteiger partial charge in [-0.25, -0.2) is 23.1 Å². The fraction of sp³-hybridized carbons (Fsp3) is 0.111. The molecule has 0 fully saturated rings. The van der Waals surface area contributed by atoms with E-state index in [9.17, 15) is 13.5 Å². The lowest BCUT2D eigenvalue weighted by atomic mass is 10.1. The SMILES string of the molecule is O=S(=O)(NC(CO)c1cccc(Cl)c1)c1ccc(-c2nc(Cl)ncc2Cl)cc1. The normalized spacial score (nSPS) is 12.7. The molecule has 3 aromatic rings. The molecule has 0 radical (unpaired) electrons. The summed E-state index contributed by atoms with van der Waals surface area (Å²) in [5.41, 5.74) is 1.53. The third-order valence-electron chi connectivity index (χ3n) is 3.88. The molecule has 0 bridgehead atoms. The molecular formula is C18H14Cl3N3O3S. The van der Waals surface area contributed by atoms with Gasteiger partial charge in [0.1, 0.15) is 0 Å². The number of halogens is 3. The van der Waals surface area contributed by atoms with Crippen molar-refractivity contribution >= 4 is 44.8 Å². The number of nitrogens with zero attached hydrogens (tertiary/aromatic N) is 2. The monoisotopic (exact) mass is 457 g/mol. The largest absolute Gasteiger partial charge is 0.394 e. The Morgan fingerprint density at radius 3 is 2.43 bits per heavy atom. The number of aliphatic hydroxyl groups is 1. The summed E-state index contributed by atoms with van der Waals surface area (Å²) in [4.78, 5) is 7.86. The quantitative estimate of drug-likeness (QED) is 0.542. The molecule has 1 heterocycles. The van der Waals surface area contributed by atoms with Gasteiger partial charge in [0.25, 0.3) is 0 Å². The van der Waals surface area contributed by atoms with Crippen molar-refractivity contribution in [2.45, 2.75) is 10.9 Å². The summed E-state index contributed by atoms with van der Waals surface area (Å²) in [5.74, 6) is 0. The van der Waals surface area contributed by atoms with Gasteiger partial charge in [0.05, 0.1) is 34.5 Å². The molecular weight excluding hydrogens is 445 g/mol. The van der Waals surface area contributed by atoms with E-state index in [-0.39, 0.29) is 10.2 Å². The summed E-state index contributed by atoms with van der Waals surface area (Å²) in [5, 5.41) is 10.4. The van der Waals surface area contributed by atoms with Crippen molar-refractivity contribution in [1.29, 1.82) is 0 Å². The molecule has 2 N–H and O–H groups in total. The van der Waals surface area contributed by atoms with Crippen molar-refractivity contribution in [2.75, 3.05) is 6.61 Å². The van der Waals surface area contributed by atoms with Crippen LogP contribution in [0.1, 0.15) is 11.6 Å². The molecule has 2 aromatic carbocycles. The number of rotatable bonds is 6. The lowest BCUT2D eigenvalue weighted by Gasteiger charge is -2.17. The minimum atomic E-state index is -3.89. The number of sulfonamides is 1. The first-order chi connectivity index (χ1) is 13.3. The Hall–Kier alpha value is -1.74. The number of hydrogen-bond donors (Lipinski definition) is 2. The Balaban J connectivity index is 1.86. The molecule has 28 heavy (non-hydrogen) atoms. The van der Waals surface area contributed by atoms with Gasteiger partial charge in [-0.05, 0) is 41.4 Å². The molecule has 6 nitrogen and oxygen atoms in total. The van der Waals surface area contributed by atoms with Gasteiger partial charge in [-0.3, -0.25) is 0 Å². The Labute approximate surface area is 177 Å². The highest BCUT2D eigenvalue weighted by Crippen LogP contribution is 2.27. The van der Waals surface area contributed by atoms with Crippen LogP contribution >= 0.6 is 34.8 Å². The summed E-state index contributed by atoms with van der Waals surface area (Å²) in [6.45, 7) is -0.424. The van der Waals surface area contributed by atoms with E-state index in [1.54, 1.807) is 36.4 Å². The molecule has 0 amide bonds. The van der Waals surface area contributed by atoms with E-state index in [4.69, 9.17) is 34.8 Å². The zero-order chi connectivity index (χ0) is 20.3. The molecule has 1 atom stereocenters. The van der Waals surface area contributed by atoms with Gasteiger partial charge >= 0.3 is 0 Å². The van der Waals surface area contributed by atoms with Gasteiger partial charge in [0.2, 0.25) is 15.3 Å². The summed E-state index contributed by atoms with van der Waals surface area (Å²) in [6.07, 6.45) is 1.37. The van der Waals surface area contributed by atoms with E-state index < -0.39 is 22.7 Å². The molecule has 0 aliphatic heterocycles. The second kappa shape index (κ2) is 8.73. The summed E-state index contributed by atoms with van der Waals surface area (Å²) < 4.78 is 27.9. The van der Waals surface area contributed by atoms with Gasteiger partial charge in [-0.2, -0.15) is 0 Å². The average Bonchev–Trinajstić information content (AvgIpc) is 2.68. The number of aliphatic hydroxyl groups excluding tert-OH is 1. The fourth-order valence-electron chi connectivity index (χ4n) is 2.53. The van der Waals surface area contributed by atoms with Crippen LogP contribution in [0.25, 0.3) is 11.3 Å². The van der Waals surface area contributed by atoms with E-state index in [1.807, 2.05) is 0 Å². The maximum absolute atomic E-state index is 12.7. The first-order valence-electron chi connectivity index (χ1n) is 7.97. The summed E-state index contributed by atoms with van der Waals surface area (Å²) in [7, 11) is -3.89. The predicted octanol–water partition coefficient (Wildman–Crippen LogP) is 4.12. The molecule has 10 heteroatoms. The van der Waals surface area contributed by atoms with Gasteiger partial charge in [0.15, 0.2) is 0 Å². The van der Waals surface area contributed by atoms with Crippen molar-refractivity contribution < 1.29 is 13.5 Å². The summed E-state index contributed by atoms with van der Waals surface area (Å²) in [6, 6.07) is 11.7. The van der Waals surface area contributed by atoms with Crippen molar-refractivity contribution in [2.24, 2.45) is 0 Å². The lowest BCUT2D eigenvalue weighted by Crippen LogP contribution is -2.30. The van der Waals surface area contributed by atoms with Gasteiger partial charge in [-0.1, -0.05) is 47.5 Å². The van der Waals surface area contributed by atoms with Crippen LogP contribution in [0.2, 0.25) is 15.3 Å². The van der Waals surface area contributed by atoms with Crippen molar-refractivity contribution in [3.05, 3.63) is 75.6 Å². The first kappa shape index (κ1) is 21.0.